The molecule has 1 unspecified atom stereocenters. The third kappa shape index (κ3) is 5.12. The fourth-order valence-electron chi connectivity index (χ4n) is 4.47. The van der Waals surface area contributed by atoms with Gasteiger partial charge >= 0.3 is 0 Å². The Morgan fingerprint density at radius 1 is 0.968 bits per heavy atom. The zero-order valence-electron chi connectivity index (χ0n) is 19.3. The minimum absolute atomic E-state index is 0.0370. The number of benzene rings is 1. The van der Waals surface area contributed by atoms with Gasteiger partial charge in [0.15, 0.2) is 0 Å². The molecule has 2 aliphatic rings. The second kappa shape index (κ2) is 8.90. The summed E-state index contributed by atoms with van der Waals surface area (Å²) < 4.78 is 27.7. The summed E-state index contributed by atoms with van der Waals surface area (Å²) in [4.78, 5) is 29.7. The van der Waals surface area contributed by atoms with E-state index in [1.54, 1.807) is 11.0 Å². The average molecular weight is 450 g/mol. The van der Waals surface area contributed by atoms with Gasteiger partial charge in [0, 0.05) is 44.7 Å². The first-order valence-corrected chi connectivity index (χ1v) is 12.5. The minimum atomic E-state index is -3.58. The van der Waals surface area contributed by atoms with Crippen molar-refractivity contribution < 1.29 is 18.0 Å². The van der Waals surface area contributed by atoms with Crippen molar-refractivity contribution in [1.82, 2.24) is 14.1 Å². The number of nitrogens with zero attached hydrogens (tertiary/aromatic N) is 3. The number of aryl methyl sites for hydroxylation is 2. The molecule has 3 rings (SSSR count). The first-order valence-electron chi connectivity index (χ1n) is 11.1. The third-order valence-electron chi connectivity index (χ3n) is 6.20. The maximum atomic E-state index is 13.1. The molecule has 2 aliphatic heterocycles. The monoisotopic (exact) mass is 449 g/mol. The fourth-order valence-corrected chi connectivity index (χ4v) is 6.10. The first kappa shape index (κ1) is 23.7. The molecular formula is C23H35N3O4S. The highest BCUT2D eigenvalue weighted by molar-refractivity contribution is 7.89. The van der Waals surface area contributed by atoms with Gasteiger partial charge in [0.25, 0.3) is 0 Å². The summed E-state index contributed by atoms with van der Waals surface area (Å²) in [5, 5.41) is 0. The summed E-state index contributed by atoms with van der Waals surface area (Å²) in [5.41, 5.74) is 1.31. The Labute approximate surface area is 186 Å². The summed E-state index contributed by atoms with van der Waals surface area (Å²) in [7, 11) is -3.58. The van der Waals surface area contributed by atoms with Gasteiger partial charge in [0.1, 0.15) is 0 Å². The van der Waals surface area contributed by atoms with E-state index >= 15 is 0 Å². The van der Waals surface area contributed by atoms with Crippen molar-refractivity contribution in [3.8, 4) is 0 Å². The van der Waals surface area contributed by atoms with Crippen LogP contribution in [0.3, 0.4) is 0 Å². The number of hydrogen-bond donors (Lipinski definition) is 0. The van der Waals surface area contributed by atoms with Crippen molar-refractivity contribution in [3.63, 3.8) is 0 Å². The van der Waals surface area contributed by atoms with Crippen molar-refractivity contribution in [2.45, 2.75) is 52.4 Å². The van der Waals surface area contributed by atoms with Crippen LogP contribution >= 0.6 is 0 Å². The van der Waals surface area contributed by atoms with E-state index in [1.165, 1.54) is 4.31 Å². The Balaban J connectivity index is 1.62. The lowest BCUT2D eigenvalue weighted by Crippen LogP contribution is -2.54. The summed E-state index contributed by atoms with van der Waals surface area (Å²) >= 11 is 0. The molecule has 0 spiro atoms. The van der Waals surface area contributed by atoms with Gasteiger partial charge in [-0.25, -0.2) is 8.42 Å². The normalized spacial score (nSPS) is 21.3. The maximum absolute atomic E-state index is 13.1. The second-order valence-electron chi connectivity index (χ2n) is 9.84. The summed E-state index contributed by atoms with van der Waals surface area (Å²) in [6.07, 6.45) is 1.59. The highest BCUT2D eigenvalue weighted by atomic mass is 32.2. The van der Waals surface area contributed by atoms with Crippen molar-refractivity contribution in [2.75, 3.05) is 39.3 Å². The van der Waals surface area contributed by atoms with Crippen LogP contribution in [0.25, 0.3) is 0 Å². The van der Waals surface area contributed by atoms with E-state index in [0.29, 0.717) is 44.2 Å². The fraction of sp³-hybridized carbons (Fsp3) is 0.652. The standard InChI is InChI=1S/C23H35N3O4S/c1-17-8-9-20(18(2)15-17)31(29,30)26-13-11-24(12-14-26)21(27)19-7-6-10-25(16-19)22(28)23(3,4)5/h8-9,15,19H,6-7,10-14,16H2,1-5H3. The Morgan fingerprint density at radius 2 is 1.61 bits per heavy atom. The van der Waals surface area contributed by atoms with Crippen LogP contribution in [0, 0.1) is 25.2 Å². The van der Waals surface area contributed by atoms with Crippen LogP contribution in [0.2, 0.25) is 0 Å². The van der Waals surface area contributed by atoms with Crippen molar-refractivity contribution in [3.05, 3.63) is 29.3 Å². The van der Waals surface area contributed by atoms with Crippen LogP contribution in [-0.2, 0) is 19.6 Å². The highest BCUT2D eigenvalue weighted by Crippen LogP contribution is 2.26. The first-order chi connectivity index (χ1) is 14.4. The Hall–Kier alpha value is -1.93. The van der Waals surface area contributed by atoms with E-state index in [0.717, 1.165) is 24.0 Å². The van der Waals surface area contributed by atoms with E-state index in [2.05, 4.69) is 0 Å². The molecule has 2 fully saturated rings. The van der Waals surface area contributed by atoms with Gasteiger partial charge in [0.2, 0.25) is 21.8 Å². The van der Waals surface area contributed by atoms with E-state index in [4.69, 9.17) is 0 Å². The molecule has 0 saturated carbocycles. The van der Waals surface area contributed by atoms with Crippen molar-refractivity contribution in [1.29, 1.82) is 0 Å². The molecule has 172 valence electrons. The lowest BCUT2D eigenvalue weighted by Gasteiger charge is -2.40. The van der Waals surface area contributed by atoms with Gasteiger partial charge in [-0.1, -0.05) is 38.5 Å². The van der Waals surface area contributed by atoms with Crippen LogP contribution in [0.4, 0.5) is 0 Å². The zero-order valence-corrected chi connectivity index (χ0v) is 20.2. The minimum Gasteiger partial charge on any atom is -0.341 e. The Morgan fingerprint density at radius 3 is 2.19 bits per heavy atom. The van der Waals surface area contributed by atoms with Gasteiger partial charge in [-0.2, -0.15) is 4.31 Å². The molecule has 2 amide bonds. The topological polar surface area (TPSA) is 78.0 Å². The third-order valence-corrected chi connectivity index (χ3v) is 8.26. The number of carbonyl (C=O) groups is 2. The molecule has 1 aromatic carbocycles. The molecule has 0 N–H and O–H groups in total. The van der Waals surface area contributed by atoms with Gasteiger partial charge in [-0.3, -0.25) is 9.59 Å². The van der Waals surface area contributed by atoms with Crippen LogP contribution < -0.4 is 0 Å². The number of sulfonamides is 1. The summed E-state index contributed by atoms with van der Waals surface area (Å²) in [6, 6.07) is 5.36. The van der Waals surface area contributed by atoms with Crippen LogP contribution in [0.1, 0.15) is 44.7 Å². The molecule has 0 bridgehead atoms. The Kier molecular flexibility index (Phi) is 6.81. The smallest absolute Gasteiger partial charge is 0.243 e. The molecule has 0 aromatic heterocycles. The van der Waals surface area contributed by atoms with E-state index in [9.17, 15) is 18.0 Å². The lowest BCUT2D eigenvalue weighted by molar-refractivity contribution is -0.145. The number of likely N-dealkylation sites (tertiary alicyclic amines) is 1. The maximum Gasteiger partial charge on any atom is 0.243 e. The van der Waals surface area contributed by atoms with E-state index in [-0.39, 0.29) is 17.7 Å². The van der Waals surface area contributed by atoms with Crippen molar-refractivity contribution >= 4 is 21.8 Å². The van der Waals surface area contributed by atoms with E-state index < -0.39 is 15.4 Å². The van der Waals surface area contributed by atoms with Gasteiger partial charge in [-0.15, -0.1) is 0 Å². The van der Waals surface area contributed by atoms with Gasteiger partial charge in [-0.05, 0) is 38.3 Å². The van der Waals surface area contributed by atoms with Crippen LogP contribution in [0.15, 0.2) is 23.1 Å². The number of carbonyl (C=O) groups excluding carboxylic acids is 2. The lowest BCUT2D eigenvalue weighted by atomic mass is 9.90. The van der Waals surface area contributed by atoms with Gasteiger partial charge in [0.05, 0.1) is 10.8 Å². The predicted molar refractivity (Wildman–Crippen MR) is 120 cm³/mol. The number of hydrogen-bond acceptors (Lipinski definition) is 4. The Bertz CT molecular complexity index is 944. The molecule has 1 atom stereocenters. The summed E-state index contributed by atoms with van der Waals surface area (Å²) in [5.74, 6) is -0.0908. The molecule has 0 radical (unpaired) electrons. The number of rotatable bonds is 3. The predicted octanol–water partition coefficient (Wildman–Crippen LogP) is 2.42. The molecule has 2 heterocycles. The van der Waals surface area contributed by atoms with Crippen LogP contribution in [0.5, 0.6) is 0 Å². The average Bonchev–Trinajstić information content (AvgIpc) is 2.72. The number of piperazine rings is 1. The molecule has 0 aliphatic carbocycles. The number of piperidine rings is 1. The molecule has 8 heteroatoms. The van der Waals surface area contributed by atoms with Crippen LogP contribution in [-0.4, -0.2) is 73.6 Å². The zero-order chi connectivity index (χ0) is 23.0. The number of amides is 2. The molecule has 2 saturated heterocycles. The van der Waals surface area contributed by atoms with Gasteiger partial charge < -0.3 is 9.80 Å². The van der Waals surface area contributed by atoms with E-state index in [1.807, 2.05) is 51.7 Å². The summed E-state index contributed by atoms with van der Waals surface area (Å²) in [6.45, 7) is 11.9. The molecule has 1 aromatic rings. The molecular weight excluding hydrogens is 414 g/mol. The quantitative estimate of drug-likeness (QED) is 0.710. The highest BCUT2D eigenvalue weighted by Gasteiger charge is 2.37. The molecule has 31 heavy (non-hydrogen) atoms. The SMILES string of the molecule is Cc1ccc(S(=O)(=O)N2CCN(C(=O)C3CCCN(C(=O)C(C)(C)C)C3)CC2)c(C)c1. The largest absolute Gasteiger partial charge is 0.341 e. The molecule has 7 nitrogen and oxygen atoms in total. The second-order valence-corrected chi connectivity index (χ2v) is 11.7. The van der Waals surface area contributed by atoms with Crippen molar-refractivity contribution in [2.24, 2.45) is 11.3 Å².